The monoisotopic (exact) mass is 345 g/mol. The molecular formula is C19H23NO3S. The zero-order valence-electron chi connectivity index (χ0n) is 14.0. The van der Waals surface area contributed by atoms with Gasteiger partial charge in [-0.3, -0.25) is 0 Å². The van der Waals surface area contributed by atoms with Crippen LogP contribution in [0.3, 0.4) is 0 Å². The standard InChI is InChI=1S/C19H23NO3S/c1-15-8-11-18(12-9-15)24(22,23)20-19(16(2)14-21)13-10-17-6-4-3-5-7-17/h3-9,11-12,14,16,19-20H,10,13H2,1-2H3/t16-,19+/m0/s1. The highest BCUT2D eigenvalue weighted by Crippen LogP contribution is 2.16. The Labute approximate surface area is 144 Å². The third-order valence-corrected chi connectivity index (χ3v) is 5.58. The van der Waals surface area contributed by atoms with E-state index in [1.165, 1.54) is 0 Å². The first-order valence-electron chi connectivity index (χ1n) is 8.00. The van der Waals surface area contributed by atoms with Crippen LogP contribution >= 0.6 is 0 Å². The molecule has 2 aromatic carbocycles. The lowest BCUT2D eigenvalue weighted by Gasteiger charge is -2.21. The van der Waals surface area contributed by atoms with Crippen LogP contribution in [-0.2, 0) is 21.2 Å². The number of carbonyl (C=O) groups is 1. The van der Waals surface area contributed by atoms with Crippen molar-refractivity contribution in [3.8, 4) is 0 Å². The second kappa shape index (κ2) is 8.22. The molecule has 0 saturated carbocycles. The van der Waals surface area contributed by atoms with E-state index in [0.717, 1.165) is 17.4 Å². The van der Waals surface area contributed by atoms with Crippen LogP contribution in [0.2, 0.25) is 0 Å². The molecule has 4 nitrogen and oxygen atoms in total. The number of rotatable bonds is 8. The van der Waals surface area contributed by atoms with Gasteiger partial charge in [0.1, 0.15) is 6.29 Å². The minimum absolute atomic E-state index is 0.218. The summed E-state index contributed by atoms with van der Waals surface area (Å²) in [5.41, 5.74) is 2.12. The Kier molecular flexibility index (Phi) is 6.29. The first kappa shape index (κ1) is 18.4. The molecule has 1 N–H and O–H groups in total. The van der Waals surface area contributed by atoms with Gasteiger partial charge in [0.2, 0.25) is 10.0 Å². The molecule has 24 heavy (non-hydrogen) atoms. The predicted octanol–water partition coefficient (Wildman–Crippen LogP) is 3.11. The third-order valence-electron chi connectivity index (χ3n) is 4.07. The van der Waals surface area contributed by atoms with Gasteiger partial charge in [-0.1, -0.05) is 55.0 Å². The lowest BCUT2D eigenvalue weighted by Crippen LogP contribution is -2.40. The first-order chi connectivity index (χ1) is 11.4. The van der Waals surface area contributed by atoms with E-state index in [0.29, 0.717) is 12.8 Å². The summed E-state index contributed by atoms with van der Waals surface area (Å²) in [6.07, 6.45) is 2.07. The fourth-order valence-corrected chi connectivity index (χ4v) is 3.84. The number of aryl methyl sites for hydroxylation is 2. The van der Waals surface area contributed by atoms with Crippen LogP contribution in [0, 0.1) is 12.8 Å². The average molecular weight is 345 g/mol. The summed E-state index contributed by atoms with van der Waals surface area (Å²) in [7, 11) is -3.64. The van der Waals surface area contributed by atoms with Gasteiger partial charge in [-0.15, -0.1) is 0 Å². The first-order valence-corrected chi connectivity index (χ1v) is 9.49. The van der Waals surface area contributed by atoms with Gasteiger partial charge in [0.05, 0.1) is 4.90 Å². The van der Waals surface area contributed by atoms with E-state index < -0.39 is 22.0 Å². The average Bonchev–Trinajstić information content (AvgIpc) is 2.59. The molecule has 0 aliphatic carbocycles. The van der Waals surface area contributed by atoms with E-state index >= 15 is 0 Å². The summed E-state index contributed by atoms with van der Waals surface area (Å²) in [6, 6.07) is 16.1. The normalized spacial score (nSPS) is 14.1. The number of carbonyl (C=O) groups excluding carboxylic acids is 1. The fraction of sp³-hybridized carbons (Fsp3) is 0.316. The lowest BCUT2D eigenvalue weighted by atomic mass is 9.97. The maximum absolute atomic E-state index is 12.6. The lowest BCUT2D eigenvalue weighted by molar-refractivity contribution is -0.111. The van der Waals surface area contributed by atoms with Gasteiger partial charge in [0.15, 0.2) is 0 Å². The van der Waals surface area contributed by atoms with E-state index in [-0.39, 0.29) is 4.90 Å². The Bertz CT molecular complexity index is 755. The van der Waals surface area contributed by atoms with Crippen molar-refractivity contribution < 1.29 is 13.2 Å². The molecule has 0 unspecified atom stereocenters. The molecule has 0 fully saturated rings. The Morgan fingerprint density at radius 2 is 1.67 bits per heavy atom. The summed E-state index contributed by atoms with van der Waals surface area (Å²) in [6.45, 7) is 3.64. The highest BCUT2D eigenvalue weighted by Gasteiger charge is 2.24. The number of aldehydes is 1. The highest BCUT2D eigenvalue weighted by molar-refractivity contribution is 7.89. The Hall–Kier alpha value is -1.98. The number of hydrogen-bond acceptors (Lipinski definition) is 3. The number of sulfonamides is 1. The molecule has 0 aliphatic rings. The van der Waals surface area contributed by atoms with Gasteiger partial charge >= 0.3 is 0 Å². The van der Waals surface area contributed by atoms with Crippen molar-refractivity contribution in [1.29, 1.82) is 0 Å². The topological polar surface area (TPSA) is 63.2 Å². The molecule has 0 saturated heterocycles. The van der Waals surface area contributed by atoms with Crippen molar-refractivity contribution in [3.63, 3.8) is 0 Å². The second-order valence-corrected chi connectivity index (χ2v) is 7.77. The molecular weight excluding hydrogens is 322 g/mol. The highest BCUT2D eigenvalue weighted by atomic mass is 32.2. The summed E-state index contributed by atoms with van der Waals surface area (Å²) in [5, 5.41) is 0. The Morgan fingerprint density at radius 1 is 1.04 bits per heavy atom. The second-order valence-electron chi connectivity index (χ2n) is 6.06. The van der Waals surface area contributed by atoms with E-state index in [2.05, 4.69) is 4.72 Å². The van der Waals surface area contributed by atoms with Crippen LogP contribution in [-0.4, -0.2) is 20.7 Å². The third kappa shape index (κ3) is 5.01. The minimum Gasteiger partial charge on any atom is -0.303 e. The fourth-order valence-electron chi connectivity index (χ4n) is 2.48. The van der Waals surface area contributed by atoms with Crippen LogP contribution in [0.5, 0.6) is 0 Å². The van der Waals surface area contributed by atoms with E-state index in [9.17, 15) is 13.2 Å². The van der Waals surface area contributed by atoms with Gasteiger partial charge in [0, 0.05) is 12.0 Å². The van der Waals surface area contributed by atoms with Crippen LogP contribution in [0.25, 0.3) is 0 Å². The van der Waals surface area contributed by atoms with Crippen LogP contribution < -0.4 is 4.72 Å². The molecule has 0 aliphatic heterocycles. The number of nitrogens with one attached hydrogen (secondary N) is 1. The molecule has 0 amide bonds. The van der Waals surface area contributed by atoms with Gasteiger partial charge in [0.25, 0.3) is 0 Å². The largest absolute Gasteiger partial charge is 0.303 e. The quantitative estimate of drug-likeness (QED) is 0.748. The molecule has 0 radical (unpaired) electrons. The van der Waals surface area contributed by atoms with Gasteiger partial charge in [-0.05, 0) is 37.5 Å². The van der Waals surface area contributed by atoms with E-state index in [1.54, 1.807) is 31.2 Å². The minimum atomic E-state index is -3.64. The smallest absolute Gasteiger partial charge is 0.240 e. The van der Waals surface area contributed by atoms with Gasteiger partial charge < -0.3 is 4.79 Å². The van der Waals surface area contributed by atoms with Crippen molar-refractivity contribution in [3.05, 3.63) is 65.7 Å². The predicted molar refractivity (Wildman–Crippen MR) is 95.3 cm³/mol. The summed E-state index contributed by atoms with van der Waals surface area (Å²) in [5.74, 6) is -0.395. The molecule has 0 aromatic heterocycles. The Morgan fingerprint density at radius 3 is 2.25 bits per heavy atom. The van der Waals surface area contributed by atoms with Crippen LogP contribution in [0.15, 0.2) is 59.5 Å². The van der Waals surface area contributed by atoms with Crippen molar-refractivity contribution in [1.82, 2.24) is 4.72 Å². The van der Waals surface area contributed by atoms with E-state index in [4.69, 9.17) is 0 Å². The molecule has 2 atom stereocenters. The van der Waals surface area contributed by atoms with Crippen molar-refractivity contribution in [2.24, 2.45) is 5.92 Å². The maximum atomic E-state index is 12.6. The van der Waals surface area contributed by atoms with E-state index in [1.807, 2.05) is 37.3 Å². The molecule has 2 aromatic rings. The SMILES string of the molecule is Cc1ccc(S(=O)(=O)N[C@H](CCc2ccccc2)[C@@H](C)C=O)cc1. The van der Waals surface area contributed by atoms with Crippen molar-refractivity contribution in [2.45, 2.75) is 37.6 Å². The molecule has 128 valence electrons. The summed E-state index contributed by atoms with van der Waals surface area (Å²) in [4.78, 5) is 11.4. The Balaban J connectivity index is 2.13. The molecule has 0 spiro atoms. The molecule has 0 heterocycles. The zero-order valence-corrected chi connectivity index (χ0v) is 14.8. The molecule has 2 rings (SSSR count). The molecule has 0 bridgehead atoms. The van der Waals surface area contributed by atoms with Crippen LogP contribution in [0.1, 0.15) is 24.5 Å². The number of hydrogen-bond donors (Lipinski definition) is 1. The molecule has 5 heteroatoms. The van der Waals surface area contributed by atoms with Gasteiger partial charge in [-0.25, -0.2) is 13.1 Å². The van der Waals surface area contributed by atoms with Crippen molar-refractivity contribution in [2.75, 3.05) is 0 Å². The van der Waals surface area contributed by atoms with Crippen LogP contribution in [0.4, 0.5) is 0 Å². The summed E-state index contributed by atoms with van der Waals surface area (Å²) >= 11 is 0. The van der Waals surface area contributed by atoms with Gasteiger partial charge in [-0.2, -0.15) is 0 Å². The number of benzene rings is 2. The summed E-state index contributed by atoms with van der Waals surface area (Å²) < 4.78 is 27.8. The maximum Gasteiger partial charge on any atom is 0.240 e. The van der Waals surface area contributed by atoms with Crippen molar-refractivity contribution >= 4 is 16.3 Å². The zero-order chi connectivity index (χ0) is 17.6.